The van der Waals surface area contributed by atoms with Gasteiger partial charge in [0.2, 0.25) is 0 Å². The number of fused-ring (bicyclic) bond motifs is 2. The molecule has 5 rings (SSSR count). The number of hydrogen-bond acceptors (Lipinski definition) is 5. The van der Waals surface area contributed by atoms with E-state index in [0.29, 0.717) is 30.0 Å². The Kier molecular flexibility index (Phi) is 5.61. The molecule has 34 heavy (non-hydrogen) atoms. The number of H-pyrrole nitrogens is 1. The molecule has 2 aromatic carbocycles. The summed E-state index contributed by atoms with van der Waals surface area (Å²) in [6.45, 7) is 2.52. The van der Waals surface area contributed by atoms with Gasteiger partial charge in [0.05, 0.1) is 26.5 Å². The van der Waals surface area contributed by atoms with E-state index in [-0.39, 0.29) is 17.2 Å². The van der Waals surface area contributed by atoms with Crippen molar-refractivity contribution < 1.29 is 18.7 Å². The van der Waals surface area contributed by atoms with Crippen molar-refractivity contribution in [2.45, 2.75) is 25.8 Å². The molecule has 2 aromatic heterocycles. The fourth-order valence-electron chi connectivity index (χ4n) is 4.74. The van der Waals surface area contributed by atoms with Gasteiger partial charge in [0.15, 0.2) is 17.3 Å². The molecular weight excluding hydrogens is 432 g/mol. The number of aromatic nitrogens is 1. The Bertz CT molecular complexity index is 1420. The third-order valence-corrected chi connectivity index (χ3v) is 6.51. The Morgan fingerprint density at radius 1 is 1.09 bits per heavy atom. The first-order valence-corrected chi connectivity index (χ1v) is 11.3. The number of nitrogens with zero attached hydrogens (tertiary/aromatic N) is 1. The first-order valence-electron chi connectivity index (χ1n) is 11.3. The van der Waals surface area contributed by atoms with Gasteiger partial charge >= 0.3 is 0 Å². The van der Waals surface area contributed by atoms with Gasteiger partial charge in [-0.2, -0.15) is 0 Å². The number of rotatable bonds is 5. The van der Waals surface area contributed by atoms with Crippen LogP contribution in [0.5, 0.6) is 11.5 Å². The summed E-state index contributed by atoms with van der Waals surface area (Å²) in [5.41, 5.74) is 4.03. The monoisotopic (exact) mass is 458 g/mol. The van der Waals surface area contributed by atoms with Crippen molar-refractivity contribution in [1.29, 1.82) is 0 Å². The lowest BCUT2D eigenvalue weighted by Crippen LogP contribution is -2.42. The fourth-order valence-corrected chi connectivity index (χ4v) is 4.74. The molecule has 0 spiro atoms. The molecule has 1 amide bonds. The zero-order valence-electron chi connectivity index (χ0n) is 19.4. The third kappa shape index (κ3) is 3.63. The standard InChI is InChI=1S/C27H26N2O5/c1-4-16-7-8-21-18(12-16)13-20(26(30)28-21)25-19-15-24(33-3)23(32-2)14-17(19)9-10-29(25)27(31)22-6-5-11-34-22/h5-8,11-15,25H,4,9-10H2,1-3H3,(H,28,30)/t25-/m0/s1. The van der Waals surface area contributed by atoms with Gasteiger partial charge in [-0.25, -0.2) is 0 Å². The minimum atomic E-state index is -0.611. The Hall–Kier alpha value is -4.00. The summed E-state index contributed by atoms with van der Waals surface area (Å²) in [7, 11) is 3.17. The average molecular weight is 459 g/mol. The lowest BCUT2D eigenvalue weighted by atomic mass is 9.87. The maximum absolute atomic E-state index is 13.5. The van der Waals surface area contributed by atoms with Gasteiger partial charge in [0, 0.05) is 17.6 Å². The van der Waals surface area contributed by atoms with Crippen LogP contribution in [0.2, 0.25) is 0 Å². The highest BCUT2D eigenvalue weighted by Crippen LogP contribution is 2.41. The largest absolute Gasteiger partial charge is 0.493 e. The summed E-state index contributed by atoms with van der Waals surface area (Å²) in [5, 5.41) is 0.923. The maximum atomic E-state index is 13.5. The molecule has 1 N–H and O–H groups in total. The van der Waals surface area contributed by atoms with E-state index in [1.807, 2.05) is 30.3 Å². The van der Waals surface area contributed by atoms with Crippen molar-refractivity contribution in [2.75, 3.05) is 20.8 Å². The lowest BCUT2D eigenvalue weighted by molar-refractivity contribution is 0.0660. The van der Waals surface area contributed by atoms with E-state index in [9.17, 15) is 9.59 Å². The third-order valence-electron chi connectivity index (χ3n) is 6.51. The summed E-state index contributed by atoms with van der Waals surface area (Å²) < 4.78 is 16.5. The smallest absolute Gasteiger partial charge is 0.290 e. The van der Waals surface area contributed by atoms with E-state index in [1.54, 1.807) is 31.3 Å². The van der Waals surface area contributed by atoms with Crippen LogP contribution in [0.1, 0.15) is 45.8 Å². The number of furan rings is 1. The van der Waals surface area contributed by atoms with Gasteiger partial charge in [0.1, 0.15) is 0 Å². The van der Waals surface area contributed by atoms with Crippen LogP contribution in [0.3, 0.4) is 0 Å². The molecule has 0 saturated heterocycles. The SMILES string of the molecule is CCc1ccc2[nH]c(=O)c([C@@H]3c4cc(OC)c(OC)cc4CCN3C(=O)c3ccco3)cc2c1. The highest BCUT2D eigenvalue weighted by atomic mass is 16.5. The number of nitrogens with one attached hydrogen (secondary N) is 1. The topological polar surface area (TPSA) is 84.8 Å². The molecule has 0 aliphatic carbocycles. The number of amides is 1. The van der Waals surface area contributed by atoms with Crippen LogP contribution < -0.4 is 15.0 Å². The van der Waals surface area contributed by atoms with Crippen LogP contribution in [0, 0.1) is 0 Å². The maximum Gasteiger partial charge on any atom is 0.290 e. The van der Waals surface area contributed by atoms with E-state index in [1.165, 1.54) is 11.8 Å². The zero-order chi connectivity index (χ0) is 23.8. The number of methoxy groups -OCH3 is 2. The molecule has 0 saturated carbocycles. The van der Waals surface area contributed by atoms with Crippen LogP contribution in [-0.2, 0) is 12.8 Å². The Balaban J connectivity index is 1.74. The van der Waals surface area contributed by atoms with Crippen molar-refractivity contribution in [3.8, 4) is 11.5 Å². The predicted octanol–water partition coefficient (Wildman–Crippen LogP) is 4.49. The van der Waals surface area contributed by atoms with Crippen molar-refractivity contribution in [1.82, 2.24) is 9.88 Å². The van der Waals surface area contributed by atoms with Crippen molar-refractivity contribution in [3.63, 3.8) is 0 Å². The summed E-state index contributed by atoms with van der Waals surface area (Å²) in [6.07, 6.45) is 2.98. The number of aryl methyl sites for hydroxylation is 1. The van der Waals surface area contributed by atoms with Gasteiger partial charge in [0.25, 0.3) is 11.5 Å². The summed E-state index contributed by atoms with van der Waals surface area (Å²) in [6, 6.07) is 14.4. The van der Waals surface area contributed by atoms with Gasteiger partial charge in [-0.3, -0.25) is 9.59 Å². The molecule has 0 fully saturated rings. The van der Waals surface area contributed by atoms with Crippen LogP contribution in [0.25, 0.3) is 10.9 Å². The molecule has 7 nitrogen and oxygen atoms in total. The minimum absolute atomic E-state index is 0.235. The molecule has 0 bridgehead atoms. The summed E-state index contributed by atoms with van der Waals surface area (Å²) >= 11 is 0. The van der Waals surface area contributed by atoms with Crippen LogP contribution in [0.15, 0.2) is 64.0 Å². The number of benzene rings is 2. The van der Waals surface area contributed by atoms with E-state index in [0.717, 1.165) is 28.5 Å². The Morgan fingerprint density at radius 2 is 1.88 bits per heavy atom. The van der Waals surface area contributed by atoms with Gasteiger partial charge < -0.3 is 23.8 Å². The predicted molar refractivity (Wildman–Crippen MR) is 129 cm³/mol. The van der Waals surface area contributed by atoms with Crippen molar-refractivity contribution in [2.24, 2.45) is 0 Å². The highest BCUT2D eigenvalue weighted by Gasteiger charge is 2.36. The van der Waals surface area contributed by atoms with Crippen molar-refractivity contribution in [3.05, 3.63) is 93.2 Å². The molecule has 1 atom stereocenters. The van der Waals surface area contributed by atoms with E-state index < -0.39 is 6.04 Å². The van der Waals surface area contributed by atoms with Crippen LogP contribution in [-0.4, -0.2) is 36.6 Å². The number of aromatic amines is 1. The number of pyridine rings is 1. The highest BCUT2D eigenvalue weighted by molar-refractivity contribution is 5.92. The average Bonchev–Trinajstić information content (AvgIpc) is 3.41. The van der Waals surface area contributed by atoms with Gasteiger partial charge in [-0.05, 0) is 77.4 Å². The Morgan fingerprint density at radius 3 is 2.59 bits per heavy atom. The second kappa shape index (κ2) is 8.74. The Labute approximate surface area is 196 Å². The quantitative estimate of drug-likeness (QED) is 0.476. The molecule has 1 aliphatic heterocycles. The number of ether oxygens (including phenoxy) is 2. The second-order valence-corrected chi connectivity index (χ2v) is 8.36. The first kappa shape index (κ1) is 21.8. The first-order chi connectivity index (χ1) is 16.5. The summed E-state index contributed by atoms with van der Waals surface area (Å²) in [5.74, 6) is 1.13. The van der Waals surface area contributed by atoms with Crippen LogP contribution >= 0.6 is 0 Å². The lowest BCUT2D eigenvalue weighted by Gasteiger charge is -2.37. The fraction of sp³-hybridized carbons (Fsp3) is 0.259. The molecule has 3 heterocycles. The number of carbonyl (C=O) groups is 1. The number of hydrogen-bond donors (Lipinski definition) is 1. The molecule has 4 aromatic rings. The summed E-state index contributed by atoms with van der Waals surface area (Å²) in [4.78, 5) is 31.5. The van der Waals surface area contributed by atoms with E-state index in [4.69, 9.17) is 13.9 Å². The normalized spacial score (nSPS) is 15.3. The molecular formula is C27H26N2O5. The minimum Gasteiger partial charge on any atom is -0.493 e. The van der Waals surface area contributed by atoms with Crippen LogP contribution in [0.4, 0.5) is 0 Å². The molecule has 0 radical (unpaired) electrons. The molecule has 0 unspecified atom stereocenters. The second-order valence-electron chi connectivity index (χ2n) is 8.36. The van der Waals surface area contributed by atoms with Gasteiger partial charge in [-0.1, -0.05) is 13.0 Å². The molecule has 7 heteroatoms. The van der Waals surface area contributed by atoms with E-state index in [2.05, 4.69) is 18.0 Å². The van der Waals surface area contributed by atoms with E-state index >= 15 is 0 Å². The van der Waals surface area contributed by atoms with Crippen molar-refractivity contribution >= 4 is 16.8 Å². The van der Waals surface area contributed by atoms with Gasteiger partial charge in [-0.15, -0.1) is 0 Å². The number of carbonyl (C=O) groups excluding carboxylic acids is 1. The molecule has 1 aliphatic rings. The zero-order valence-corrected chi connectivity index (χ0v) is 19.4. The molecule has 174 valence electrons.